The first-order valence-electron chi connectivity index (χ1n) is 7.97. The molecule has 0 N–H and O–H groups in total. The van der Waals surface area contributed by atoms with E-state index in [4.69, 9.17) is 0 Å². The van der Waals surface area contributed by atoms with Gasteiger partial charge in [-0.05, 0) is 36.6 Å². The Morgan fingerprint density at radius 3 is 2.54 bits per heavy atom. The molecule has 2 aliphatic rings. The molecule has 7 heteroatoms. The minimum atomic E-state index is -3.45. The number of benzene rings is 1. The van der Waals surface area contributed by atoms with Gasteiger partial charge in [0.1, 0.15) is 5.82 Å². The molecule has 1 spiro atoms. The number of likely N-dealkylation sites (tertiary alicyclic amines) is 1. The third-order valence-electron chi connectivity index (χ3n) is 4.98. The molecule has 0 radical (unpaired) electrons. The molecule has 24 heavy (non-hydrogen) atoms. The Morgan fingerprint density at radius 1 is 1.21 bits per heavy atom. The molecule has 5 nitrogen and oxygen atoms in total. The molecule has 3 rings (SSSR count). The van der Waals surface area contributed by atoms with E-state index in [1.54, 1.807) is 4.90 Å². The molecular formula is C17H21FN2O3S. The second kappa shape index (κ2) is 6.29. The lowest BCUT2D eigenvalue weighted by atomic mass is 9.87. The predicted molar refractivity (Wildman–Crippen MR) is 89.0 cm³/mol. The van der Waals surface area contributed by atoms with Crippen LogP contribution in [0.4, 0.5) is 4.39 Å². The molecule has 1 aromatic carbocycles. The maximum absolute atomic E-state index is 13.0. The van der Waals surface area contributed by atoms with Crippen molar-refractivity contribution in [2.24, 2.45) is 5.41 Å². The van der Waals surface area contributed by atoms with Crippen molar-refractivity contribution in [3.8, 4) is 0 Å². The lowest BCUT2D eigenvalue weighted by Gasteiger charge is -2.24. The molecule has 2 heterocycles. The summed E-state index contributed by atoms with van der Waals surface area (Å²) in [6, 6.07) is 5.54. The van der Waals surface area contributed by atoms with E-state index in [1.165, 1.54) is 34.6 Å². The van der Waals surface area contributed by atoms with E-state index < -0.39 is 10.0 Å². The molecule has 0 aliphatic carbocycles. The average molecular weight is 352 g/mol. The maximum atomic E-state index is 13.0. The van der Waals surface area contributed by atoms with Crippen LogP contribution in [-0.4, -0.2) is 49.7 Å². The Morgan fingerprint density at radius 2 is 1.88 bits per heavy atom. The molecule has 2 fully saturated rings. The summed E-state index contributed by atoms with van der Waals surface area (Å²) in [6.45, 7) is 5.65. The van der Waals surface area contributed by atoms with Crippen LogP contribution in [0, 0.1) is 11.2 Å². The Kier molecular flexibility index (Phi) is 4.48. The molecule has 2 aliphatic heterocycles. The molecule has 1 amide bonds. The van der Waals surface area contributed by atoms with Crippen molar-refractivity contribution in [2.75, 3.05) is 26.2 Å². The predicted octanol–water partition coefficient (Wildman–Crippen LogP) is 1.77. The number of carbonyl (C=O) groups excluding carboxylic acids is 1. The average Bonchev–Trinajstić information content (AvgIpc) is 3.17. The summed E-state index contributed by atoms with van der Waals surface area (Å²) in [5, 5.41) is 0. The van der Waals surface area contributed by atoms with Crippen LogP contribution in [0.2, 0.25) is 0 Å². The number of halogens is 1. The second-order valence-electron chi connectivity index (χ2n) is 6.68. The van der Waals surface area contributed by atoms with Gasteiger partial charge in [0.2, 0.25) is 15.9 Å². The van der Waals surface area contributed by atoms with Crippen LogP contribution < -0.4 is 0 Å². The summed E-state index contributed by atoms with van der Waals surface area (Å²) in [5.41, 5.74) is 0.432. The van der Waals surface area contributed by atoms with Gasteiger partial charge in [0.15, 0.2) is 0 Å². The quantitative estimate of drug-likeness (QED) is 0.776. The number of hydrogen-bond acceptors (Lipinski definition) is 3. The summed E-state index contributed by atoms with van der Waals surface area (Å²) < 4.78 is 39.7. The van der Waals surface area contributed by atoms with Crippen molar-refractivity contribution in [1.82, 2.24) is 9.21 Å². The van der Waals surface area contributed by atoms with Crippen LogP contribution in [0.25, 0.3) is 0 Å². The molecule has 1 atom stereocenters. The van der Waals surface area contributed by atoms with Gasteiger partial charge < -0.3 is 4.90 Å². The van der Waals surface area contributed by atoms with Crippen LogP contribution in [0.3, 0.4) is 0 Å². The van der Waals surface area contributed by atoms with Crippen molar-refractivity contribution in [2.45, 2.75) is 18.6 Å². The van der Waals surface area contributed by atoms with Gasteiger partial charge in [-0.1, -0.05) is 18.7 Å². The Balaban J connectivity index is 1.67. The minimum Gasteiger partial charge on any atom is -0.339 e. The SMILES string of the molecule is C=CC(=O)N1CCC2(CCN(S(=O)(=O)Cc3ccc(F)cc3)C2)C1. The molecular weight excluding hydrogens is 331 g/mol. The third kappa shape index (κ3) is 3.37. The van der Waals surface area contributed by atoms with Crippen molar-refractivity contribution in [1.29, 1.82) is 0 Å². The zero-order chi connectivity index (χ0) is 17.4. The molecule has 130 valence electrons. The largest absolute Gasteiger partial charge is 0.339 e. The van der Waals surface area contributed by atoms with Gasteiger partial charge in [-0.25, -0.2) is 17.1 Å². The standard InChI is InChI=1S/C17H21FN2O3S/c1-2-16(21)19-9-7-17(12-19)8-10-20(13-17)24(22,23)11-14-3-5-15(18)6-4-14/h2-6H,1,7-13H2. The molecule has 2 saturated heterocycles. The van der Waals surface area contributed by atoms with Gasteiger partial charge in [-0.2, -0.15) is 0 Å². The van der Waals surface area contributed by atoms with E-state index in [-0.39, 0.29) is 22.9 Å². The number of rotatable bonds is 4. The number of carbonyl (C=O) groups is 1. The van der Waals surface area contributed by atoms with Crippen molar-refractivity contribution >= 4 is 15.9 Å². The third-order valence-corrected chi connectivity index (χ3v) is 6.78. The van der Waals surface area contributed by atoms with Crippen LogP contribution in [0.5, 0.6) is 0 Å². The van der Waals surface area contributed by atoms with Crippen molar-refractivity contribution in [3.05, 3.63) is 48.3 Å². The zero-order valence-corrected chi connectivity index (χ0v) is 14.3. The van der Waals surface area contributed by atoms with E-state index in [0.29, 0.717) is 31.7 Å². The van der Waals surface area contributed by atoms with E-state index in [1.807, 2.05) is 0 Å². The first-order chi connectivity index (χ1) is 11.3. The summed E-state index contributed by atoms with van der Waals surface area (Å²) in [5.74, 6) is -0.604. The summed E-state index contributed by atoms with van der Waals surface area (Å²) in [6.07, 6.45) is 2.88. The Bertz CT molecular complexity index is 748. The lowest BCUT2D eigenvalue weighted by Crippen LogP contribution is -2.35. The number of sulfonamides is 1. The van der Waals surface area contributed by atoms with Gasteiger partial charge in [0.05, 0.1) is 5.75 Å². The van der Waals surface area contributed by atoms with Crippen LogP contribution in [-0.2, 0) is 20.6 Å². The highest BCUT2D eigenvalue weighted by Gasteiger charge is 2.47. The van der Waals surface area contributed by atoms with E-state index in [2.05, 4.69) is 6.58 Å². The molecule has 1 unspecified atom stereocenters. The van der Waals surface area contributed by atoms with Crippen LogP contribution >= 0.6 is 0 Å². The lowest BCUT2D eigenvalue weighted by molar-refractivity contribution is -0.125. The minimum absolute atomic E-state index is 0.0977. The number of hydrogen-bond donors (Lipinski definition) is 0. The van der Waals surface area contributed by atoms with Gasteiger partial charge >= 0.3 is 0 Å². The number of nitrogens with zero attached hydrogens (tertiary/aromatic N) is 2. The van der Waals surface area contributed by atoms with Crippen LogP contribution in [0.15, 0.2) is 36.9 Å². The first-order valence-corrected chi connectivity index (χ1v) is 9.58. The topological polar surface area (TPSA) is 57.7 Å². The number of amides is 1. The van der Waals surface area contributed by atoms with Crippen molar-refractivity contribution in [3.63, 3.8) is 0 Å². The van der Waals surface area contributed by atoms with E-state index in [0.717, 1.165) is 12.8 Å². The molecule has 0 saturated carbocycles. The normalized spacial score (nSPS) is 24.6. The molecule has 0 bridgehead atoms. The highest BCUT2D eigenvalue weighted by Crippen LogP contribution is 2.40. The summed E-state index contributed by atoms with van der Waals surface area (Å²) >= 11 is 0. The smallest absolute Gasteiger partial charge is 0.245 e. The summed E-state index contributed by atoms with van der Waals surface area (Å²) in [7, 11) is -3.45. The van der Waals surface area contributed by atoms with Gasteiger partial charge in [-0.15, -0.1) is 0 Å². The second-order valence-corrected chi connectivity index (χ2v) is 8.65. The van der Waals surface area contributed by atoms with E-state index >= 15 is 0 Å². The molecule has 0 aromatic heterocycles. The zero-order valence-electron chi connectivity index (χ0n) is 13.4. The Hall–Kier alpha value is -1.73. The van der Waals surface area contributed by atoms with Gasteiger partial charge in [-0.3, -0.25) is 4.79 Å². The monoisotopic (exact) mass is 352 g/mol. The van der Waals surface area contributed by atoms with Crippen molar-refractivity contribution < 1.29 is 17.6 Å². The van der Waals surface area contributed by atoms with Crippen LogP contribution in [0.1, 0.15) is 18.4 Å². The highest BCUT2D eigenvalue weighted by atomic mass is 32.2. The van der Waals surface area contributed by atoms with Gasteiger partial charge in [0, 0.05) is 31.6 Å². The maximum Gasteiger partial charge on any atom is 0.245 e. The fraction of sp³-hybridized carbons (Fsp3) is 0.471. The summed E-state index contributed by atoms with van der Waals surface area (Å²) in [4.78, 5) is 13.5. The highest BCUT2D eigenvalue weighted by molar-refractivity contribution is 7.88. The fourth-order valence-electron chi connectivity index (χ4n) is 3.60. The molecule has 1 aromatic rings. The van der Waals surface area contributed by atoms with Gasteiger partial charge in [0.25, 0.3) is 0 Å². The van der Waals surface area contributed by atoms with E-state index in [9.17, 15) is 17.6 Å². The first kappa shape index (κ1) is 17.1. The Labute approximate surface area is 141 Å². The fourth-order valence-corrected chi connectivity index (χ4v) is 5.24.